The zero-order chi connectivity index (χ0) is 11.9. The molecule has 0 bridgehead atoms. The van der Waals surface area contributed by atoms with Crippen molar-refractivity contribution in [2.24, 2.45) is 0 Å². The Kier molecular flexibility index (Phi) is 2.56. The Bertz CT molecular complexity index is 508. The molecule has 1 aliphatic rings. The number of benzene rings is 1. The number of Topliss-reactive ketones (excluding diaryl/α,β-unsaturated/α-hetero) is 1. The maximum atomic E-state index is 11.7. The lowest BCUT2D eigenvalue weighted by Gasteiger charge is -2.16. The molecule has 1 aromatic carbocycles. The number of rotatable bonds is 2. The van der Waals surface area contributed by atoms with Crippen molar-refractivity contribution in [3.8, 4) is 0 Å². The zero-order valence-corrected chi connectivity index (χ0v) is 9.54. The van der Waals surface area contributed by atoms with Gasteiger partial charge < -0.3 is 4.90 Å². The summed E-state index contributed by atoms with van der Waals surface area (Å²) in [5, 5.41) is 0.320. The molecule has 1 aromatic rings. The first kappa shape index (κ1) is 10.9. The third-order valence-corrected chi connectivity index (χ3v) is 2.69. The van der Waals surface area contributed by atoms with Gasteiger partial charge >= 0.3 is 0 Å². The van der Waals surface area contributed by atoms with E-state index in [4.69, 9.17) is 11.6 Å². The van der Waals surface area contributed by atoms with Crippen molar-refractivity contribution >= 4 is 29.0 Å². The van der Waals surface area contributed by atoms with Gasteiger partial charge in [0, 0.05) is 6.54 Å². The summed E-state index contributed by atoms with van der Waals surface area (Å²) in [7, 11) is 0. The van der Waals surface area contributed by atoms with Crippen LogP contribution in [-0.4, -0.2) is 18.2 Å². The molecule has 0 aromatic heterocycles. The standard InChI is InChI=1S/C12H10ClNO2/c1-7(2)6-14-9-5-3-4-8(13)10(9)11(15)12(14)16/h3-5H,1,6H2,2H3. The molecule has 1 aliphatic heterocycles. The van der Waals surface area contributed by atoms with Crippen molar-refractivity contribution in [3.05, 3.63) is 40.9 Å². The SMILES string of the molecule is C=C(C)CN1C(=O)C(=O)c2c(Cl)cccc21. The van der Waals surface area contributed by atoms with Crippen LogP contribution in [0.15, 0.2) is 30.4 Å². The average Bonchev–Trinajstić information content (AvgIpc) is 2.44. The topological polar surface area (TPSA) is 37.4 Å². The monoisotopic (exact) mass is 235 g/mol. The second-order valence-corrected chi connectivity index (χ2v) is 4.22. The number of amides is 1. The van der Waals surface area contributed by atoms with Gasteiger partial charge in [0.25, 0.3) is 11.7 Å². The van der Waals surface area contributed by atoms with Crippen LogP contribution in [-0.2, 0) is 4.79 Å². The first-order valence-corrected chi connectivity index (χ1v) is 5.19. The minimum atomic E-state index is -0.540. The van der Waals surface area contributed by atoms with Gasteiger partial charge in [-0.1, -0.05) is 29.8 Å². The maximum absolute atomic E-state index is 11.7. The van der Waals surface area contributed by atoms with Gasteiger partial charge in [0.2, 0.25) is 0 Å². The summed E-state index contributed by atoms with van der Waals surface area (Å²) in [6.07, 6.45) is 0. The molecule has 0 saturated carbocycles. The highest BCUT2D eigenvalue weighted by Gasteiger charge is 2.37. The number of anilines is 1. The molecular weight excluding hydrogens is 226 g/mol. The van der Waals surface area contributed by atoms with E-state index in [-0.39, 0.29) is 0 Å². The molecule has 16 heavy (non-hydrogen) atoms. The lowest BCUT2D eigenvalue weighted by molar-refractivity contribution is -0.114. The van der Waals surface area contributed by atoms with E-state index in [9.17, 15) is 9.59 Å². The molecule has 4 heteroatoms. The summed E-state index contributed by atoms with van der Waals surface area (Å²) < 4.78 is 0. The molecule has 0 saturated heterocycles. The zero-order valence-electron chi connectivity index (χ0n) is 8.79. The highest BCUT2D eigenvalue weighted by Crippen LogP contribution is 2.34. The van der Waals surface area contributed by atoms with Gasteiger partial charge in [-0.25, -0.2) is 0 Å². The molecule has 82 valence electrons. The smallest absolute Gasteiger partial charge is 0.299 e. The maximum Gasteiger partial charge on any atom is 0.299 e. The normalized spacial score (nSPS) is 14.2. The van der Waals surface area contributed by atoms with Crippen molar-refractivity contribution in [1.29, 1.82) is 0 Å². The molecule has 1 amide bonds. The average molecular weight is 236 g/mol. The number of carbonyl (C=O) groups is 2. The fourth-order valence-electron chi connectivity index (χ4n) is 1.73. The van der Waals surface area contributed by atoms with Gasteiger partial charge in [0.05, 0.1) is 16.3 Å². The van der Waals surface area contributed by atoms with Crippen molar-refractivity contribution in [2.75, 3.05) is 11.4 Å². The fourth-order valence-corrected chi connectivity index (χ4v) is 1.98. The van der Waals surface area contributed by atoms with Crippen LogP contribution in [0.25, 0.3) is 0 Å². The second-order valence-electron chi connectivity index (χ2n) is 3.81. The van der Waals surface area contributed by atoms with Gasteiger partial charge in [-0.2, -0.15) is 0 Å². The van der Waals surface area contributed by atoms with Crippen molar-refractivity contribution in [2.45, 2.75) is 6.92 Å². The van der Waals surface area contributed by atoms with E-state index < -0.39 is 11.7 Å². The molecule has 0 fully saturated rings. The summed E-state index contributed by atoms with van der Waals surface area (Å²) in [6.45, 7) is 5.89. The van der Waals surface area contributed by atoms with Gasteiger partial charge in [0.1, 0.15) is 0 Å². The lowest BCUT2D eigenvalue weighted by Crippen LogP contribution is -2.30. The molecule has 3 nitrogen and oxygen atoms in total. The number of hydrogen-bond donors (Lipinski definition) is 0. The van der Waals surface area contributed by atoms with Gasteiger partial charge in [-0.15, -0.1) is 0 Å². The molecule has 2 rings (SSSR count). The van der Waals surface area contributed by atoms with E-state index in [1.54, 1.807) is 25.1 Å². The number of ketones is 1. The molecule has 0 atom stereocenters. The molecule has 0 spiro atoms. The Hall–Kier alpha value is -1.61. The number of nitrogens with zero attached hydrogens (tertiary/aromatic N) is 1. The summed E-state index contributed by atoms with van der Waals surface area (Å²) in [4.78, 5) is 24.8. The predicted molar refractivity (Wildman–Crippen MR) is 62.9 cm³/mol. The second kappa shape index (κ2) is 3.76. The van der Waals surface area contributed by atoms with Crippen LogP contribution < -0.4 is 4.90 Å². The first-order valence-electron chi connectivity index (χ1n) is 4.81. The Labute approximate surface area is 98.3 Å². The van der Waals surface area contributed by atoms with Crippen molar-refractivity contribution in [1.82, 2.24) is 0 Å². The van der Waals surface area contributed by atoms with E-state index in [1.165, 1.54) is 4.90 Å². The van der Waals surface area contributed by atoms with Crippen LogP contribution in [0.4, 0.5) is 5.69 Å². The van der Waals surface area contributed by atoms with Crippen LogP contribution in [0.2, 0.25) is 5.02 Å². The van der Waals surface area contributed by atoms with Gasteiger partial charge in [0.15, 0.2) is 0 Å². The minimum Gasteiger partial charge on any atom is -0.301 e. The van der Waals surface area contributed by atoms with E-state index in [2.05, 4.69) is 6.58 Å². The molecular formula is C12H10ClNO2. The lowest BCUT2D eigenvalue weighted by atomic mass is 10.1. The number of hydrogen-bond acceptors (Lipinski definition) is 2. The first-order chi connectivity index (χ1) is 7.52. The predicted octanol–water partition coefficient (Wildman–Crippen LogP) is 2.45. The summed E-state index contributed by atoms with van der Waals surface area (Å²) >= 11 is 5.91. The Morgan fingerprint density at radius 1 is 1.44 bits per heavy atom. The Balaban J connectivity index is 2.54. The molecule has 0 N–H and O–H groups in total. The van der Waals surface area contributed by atoms with Crippen LogP contribution in [0, 0.1) is 0 Å². The Morgan fingerprint density at radius 2 is 2.12 bits per heavy atom. The van der Waals surface area contributed by atoms with Crippen LogP contribution in [0.5, 0.6) is 0 Å². The largest absolute Gasteiger partial charge is 0.301 e. The molecule has 0 radical (unpaired) electrons. The van der Waals surface area contributed by atoms with Crippen molar-refractivity contribution in [3.63, 3.8) is 0 Å². The summed E-state index contributed by atoms with van der Waals surface area (Å²) in [6, 6.07) is 5.04. The molecule has 0 aliphatic carbocycles. The fraction of sp³-hybridized carbons (Fsp3) is 0.167. The minimum absolute atomic E-state index is 0.301. The van der Waals surface area contributed by atoms with E-state index in [1.807, 2.05) is 0 Å². The number of fused-ring (bicyclic) bond motifs is 1. The third kappa shape index (κ3) is 1.53. The highest BCUT2D eigenvalue weighted by atomic mass is 35.5. The van der Waals surface area contributed by atoms with E-state index in [0.717, 1.165) is 5.57 Å². The van der Waals surface area contributed by atoms with Crippen LogP contribution in [0.1, 0.15) is 17.3 Å². The van der Waals surface area contributed by atoms with Crippen molar-refractivity contribution < 1.29 is 9.59 Å². The molecule has 1 heterocycles. The molecule has 0 unspecified atom stereocenters. The van der Waals surface area contributed by atoms with Gasteiger partial charge in [-0.05, 0) is 19.1 Å². The quantitative estimate of drug-likeness (QED) is 0.583. The summed E-state index contributed by atoms with van der Waals surface area (Å²) in [5.41, 5.74) is 1.69. The third-order valence-electron chi connectivity index (χ3n) is 2.38. The highest BCUT2D eigenvalue weighted by molar-refractivity contribution is 6.55. The van der Waals surface area contributed by atoms with E-state index >= 15 is 0 Å². The number of carbonyl (C=O) groups excluding carboxylic acids is 2. The van der Waals surface area contributed by atoms with Crippen LogP contribution >= 0.6 is 11.6 Å². The van der Waals surface area contributed by atoms with Gasteiger partial charge in [-0.3, -0.25) is 9.59 Å². The van der Waals surface area contributed by atoms with E-state index in [0.29, 0.717) is 22.8 Å². The number of halogens is 1. The summed E-state index contributed by atoms with van der Waals surface area (Å²) in [5.74, 6) is -1.08. The van der Waals surface area contributed by atoms with Crippen LogP contribution in [0.3, 0.4) is 0 Å². The Morgan fingerprint density at radius 3 is 2.75 bits per heavy atom.